The number of aliphatic hydroxyl groups is 1. The van der Waals surface area contributed by atoms with Crippen molar-refractivity contribution in [2.75, 3.05) is 25.4 Å². The molecule has 0 aliphatic carbocycles. The molecule has 51 heavy (non-hydrogen) atoms. The van der Waals surface area contributed by atoms with Crippen molar-refractivity contribution >= 4 is 66.7 Å². The van der Waals surface area contributed by atoms with Gasteiger partial charge in [0.05, 0.1) is 44.5 Å². The number of amides is 4. The summed E-state index contributed by atoms with van der Waals surface area (Å²) in [6.07, 6.45) is -1.20. The maximum atomic E-state index is 14.1. The van der Waals surface area contributed by atoms with Crippen molar-refractivity contribution in [1.82, 2.24) is 24.4 Å². The third-order valence-electron chi connectivity index (χ3n) is 8.61. The molecule has 4 aromatic rings. The predicted molar refractivity (Wildman–Crippen MR) is 198 cm³/mol. The highest BCUT2D eigenvalue weighted by molar-refractivity contribution is 7.89. The van der Waals surface area contributed by atoms with E-state index in [1.54, 1.807) is 13.8 Å². The summed E-state index contributed by atoms with van der Waals surface area (Å²) in [5, 5.41) is 15.5. The molecule has 0 radical (unpaired) electrons. The summed E-state index contributed by atoms with van der Waals surface area (Å²) in [6, 6.07) is 18.1. The van der Waals surface area contributed by atoms with Crippen molar-refractivity contribution < 1.29 is 27.9 Å². The molecule has 12 nitrogen and oxygen atoms in total. The molecular formula is C36H43ClN6O6S2. The largest absolute Gasteiger partial charge is 0.397 e. The fourth-order valence-corrected chi connectivity index (χ4v) is 8.86. The first-order valence-corrected chi connectivity index (χ1v) is 19.3. The lowest BCUT2D eigenvalue weighted by Crippen LogP contribution is -2.57. The van der Waals surface area contributed by atoms with Crippen LogP contribution in [0.5, 0.6) is 0 Å². The van der Waals surface area contributed by atoms with Crippen LogP contribution in [0.25, 0.3) is 10.2 Å². The Balaban J connectivity index is 1.38. The van der Waals surface area contributed by atoms with E-state index in [1.807, 2.05) is 68.4 Å². The smallest absolute Gasteiger partial charge is 0.328 e. The molecule has 0 unspecified atom stereocenters. The third kappa shape index (κ3) is 8.87. The summed E-state index contributed by atoms with van der Waals surface area (Å²) in [6.45, 7) is 6.68. The second kappa shape index (κ2) is 16.1. The number of carbonyl (C=O) groups excluding carboxylic acids is 3. The van der Waals surface area contributed by atoms with E-state index in [-0.39, 0.29) is 54.1 Å². The van der Waals surface area contributed by atoms with Gasteiger partial charge in [-0.25, -0.2) is 18.2 Å². The van der Waals surface area contributed by atoms with Crippen LogP contribution >= 0.6 is 22.9 Å². The van der Waals surface area contributed by atoms with E-state index in [9.17, 15) is 27.9 Å². The molecule has 1 fully saturated rings. The normalized spacial score (nSPS) is 15.7. The molecule has 4 amide bonds. The van der Waals surface area contributed by atoms with Crippen molar-refractivity contribution in [2.24, 2.45) is 11.8 Å². The Morgan fingerprint density at radius 3 is 2.37 bits per heavy atom. The standard InChI is InChI=1S/C36H43ClN6O6S2/c1-22(2)18-41(51(48,49)25-14-15-26(37)27(38)17-25)19-30(44)29(16-24-10-6-5-7-11-24)40-35(46)34(23(3)4)43-21-33(45)42(36(43)47)20-32-39-28-12-8-9-13-31(28)50-32/h5-15,17,22-23,29-30,34,44H,16,18-21,38H2,1-4H3,(H,40,46)/t29-,30-,34-/m0/s1. The zero-order valence-corrected chi connectivity index (χ0v) is 31.3. The number of nitrogens with zero attached hydrogens (tertiary/aromatic N) is 4. The number of hydrogen-bond acceptors (Lipinski definition) is 9. The number of carbonyl (C=O) groups is 3. The van der Waals surface area contributed by atoms with Gasteiger partial charge in [0, 0.05) is 13.1 Å². The van der Waals surface area contributed by atoms with Gasteiger partial charge in [-0.1, -0.05) is 81.8 Å². The number of aliphatic hydroxyl groups excluding tert-OH is 1. The second-order valence-electron chi connectivity index (χ2n) is 13.4. The van der Waals surface area contributed by atoms with Crippen molar-refractivity contribution in [3.05, 3.63) is 88.4 Å². The minimum Gasteiger partial charge on any atom is -0.397 e. The molecule has 0 bridgehead atoms. The highest BCUT2D eigenvalue weighted by atomic mass is 35.5. The van der Waals surface area contributed by atoms with Gasteiger partial charge in [0.25, 0.3) is 5.91 Å². The number of nitrogens with two attached hydrogens (primary N) is 1. The number of fused-ring (bicyclic) bond motifs is 1. The molecule has 4 N–H and O–H groups in total. The van der Waals surface area contributed by atoms with Crippen molar-refractivity contribution in [3.8, 4) is 0 Å². The molecule has 272 valence electrons. The van der Waals surface area contributed by atoms with Crippen LogP contribution in [-0.4, -0.2) is 88.3 Å². The SMILES string of the molecule is CC(C)CN(C[C@H](O)[C@H](Cc1ccccc1)NC(=O)[C@H](C(C)C)N1CC(=O)N(Cc2nc3ccccc3s2)C1=O)S(=O)(=O)c1ccc(Cl)c(N)c1. The van der Waals surface area contributed by atoms with Gasteiger partial charge < -0.3 is 21.1 Å². The fourth-order valence-electron chi connectivity index (χ4n) is 6.13. The molecular weight excluding hydrogens is 712 g/mol. The highest BCUT2D eigenvalue weighted by Gasteiger charge is 2.44. The molecule has 1 aliphatic rings. The Bertz CT molecular complexity index is 1960. The lowest BCUT2D eigenvalue weighted by atomic mass is 9.97. The monoisotopic (exact) mass is 754 g/mol. The summed E-state index contributed by atoms with van der Waals surface area (Å²) in [7, 11) is -4.14. The number of urea groups is 1. The van der Waals surface area contributed by atoms with Crippen LogP contribution in [0.15, 0.2) is 77.7 Å². The Morgan fingerprint density at radius 1 is 1.04 bits per heavy atom. The number of hydrogen-bond donors (Lipinski definition) is 3. The molecule has 0 spiro atoms. The Kier molecular flexibility index (Phi) is 12.0. The molecule has 1 aliphatic heterocycles. The predicted octanol–water partition coefficient (Wildman–Crippen LogP) is 4.76. The molecule has 1 aromatic heterocycles. The van der Waals surface area contributed by atoms with E-state index in [0.29, 0.717) is 5.01 Å². The zero-order valence-electron chi connectivity index (χ0n) is 28.9. The van der Waals surface area contributed by atoms with Gasteiger partial charge >= 0.3 is 6.03 Å². The van der Waals surface area contributed by atoms with E-state index in [1.165, 1.54) is 38.7 Å². The van der Waals surface area contributed by atoms with Crippen LogP contribution in [0.2, 0.25) is 5.02 Å². The first-order chi connectivity index (χ1) is 24.1. The average Bonchev–Trinajstić information content (AvgIpc) is 3.61. The fraction of sp³-hybridized carbons (Fsp3) is 0.389. The van der Waals surface area contributed by atoms with Crippen molar-refractivity contribution in [3.63, 3.8) is 0 Å². The Labute approximate surface area is 307 Å². The first-order valence-electron chi connectivity index (χ1n) is 16.7. The van der Waals surface area contributed by atoms with Crippen molar-refractivity contribution in [1.29, 1.82) is 0 Å². The van der Waals surface area contributed by atoms with Gasteiger partial charge in [-0.15, -0.1) is 11.3 Å². The number of halogens is 1. The number of benzene rings is 3. The lowest BCUT2D eigenvalue weighted by Gasteiger charge is -2.34. The molecule has 3 atom stereocenters. The molecule has 3 aromatic carbocycles. The molecule has 0 saturated carbocycles. The van der Waals surface area contributed by atoms with E-state index in [0.717, 1.165) is 20.7 Å². The number of para-hydroxylation sites is 1. The number of anilines is 1. The number of thiazole rings is 1. The van der Waals surface area contributed by atoms with Gasteiger partial charge in [0.15, 0.2) is 0 Å². The number of imide groups is 1. The Hall–Kier alpha value is -4.08. The zero-order chi connectivity index (χ0) is 37.0. The van der Waals surface area contributed by atoms with Crippen LogP contribution in [0.1, 0.15) is 38.3 Å². The van der Waals surface area contributed by atoms with Crippen LogP contribution in [0.4, 0.5) is 10.5 Å². The Morgan fingerprint density at radius 2 is 1.73 bits per heavy atom. The summed E-state index contributed by atoms with van der Waals surface area (Å²) in [4.78, 5) is 47.9. The number of aromatic nitrogens is 1. The van der Waals surface area contributed by atoms with E-state index < -0.39 is 52.0 Å². The second-order valence-corrected chi connectivity index (χ2v) is 16.9. The molecule has 2 heterocycles. The van der Waals surface area contributed by atoms with Crippen LogP contribution < -0.4 is 11.1 Å². The van der Waals surface area contributed by atoms with Gasteiger partial charge in [-0.3, -0.25) is 14.5 Å². The van der Waals surface area contributed by atoms with E-state index in [4.69, 9.17) is 17.3 Å². The van der Waals surface area contributed by atoms with E-state index >= 15 is 0 Å². The van der Waals surface area contributed by atoms with Crippen LogP contribution in [0, 0.1) is 11.8 Å². The number of rotatable bonds is 15. The molecule has 5 rings (SSSR count). The minimum atomic E-state index is -4.14. The number of nitrogens with one attached hydrogen (secondary N) is 1. The summed E-state index contributed by atoms with van der Waals surface area (Å²) in [5.41, 5.74) is 7.59. The summed E-state index contributed by atoms with van der Waals surface area (Å²) >= 11 is 7.45. The number of sulfonamides is 1. The lowest BCUT2D eigenvalue weighted by molar-refractivity contribution is -0.129. The van der Waals surface area contributed by atoms with Gasteiger partial charge in [-0.05, 0) is 54.2 Å². The molecule has 1 saturated heterocycles. The minimum absolute atomic E-state index is 0.0191. The van der Waals surface area contributed by atoms with Gasteiger partial charge in [0.2, 0.25) is 15.9 Å². The average molecular weight is 755 g/mol. The third-order valence-corrected chi connectivity index (χ3v) is 11.8. The summed E-state index contributed by atoms with van der Waals surface area (Å²) < 4.78 is 29.8. The summed E-state index contributed by atoms with van der Waals surface area (Å²) in [5.74, 6) is -1.53. The molecule has 15 heteroatoms. The number of nitrogen functional groups attached to an aromatic ring is 1. The maximum Gasteiger partial charge on any atom is 0.328 e. The topological polar surface area (TPSA) is 166 Å². The van der Waals surface area contributed by atoms with Gasteiger partial charge in [-0.2, -0.15) is 4.31 Å². The maximum absolute atomic E-state index is 14.1. The van der Waals surface area contributed by atoms with Gasteiger partial charge in [0.1, 0.15) is 17.6 Å². The highest BCUT2D eigenvalue weighted by Crippen LogP contribution is 2.28. The van der Waals surface area contributed by atoms with Crippen LogP contribution in [0.3, 0.4) is 0 Å². The first kappa shape index (κ1) is 38.2. The van der Waals surface area contributed by atoms with Crippen molar-refractivity contribution in [2.45, 2.75) is 63.7 Å². The van der Waals surface area contributed by atoms with E-state index in [2.05, 4.69) is 10.3 Å². The quantitative estimate of drug-likeness (QED) is 0.116. The van der Waals surface area contributed by atoms with Crippen LogP contribution in [-0.2, 0) is 32.6 Å².